The molecule has 0 aromatic heterocycles. The summed E-state index contributed by atoms with van der Waals surface area (Å²) in [5.41, 5.74) is 10.6. The molecule has 0 heterocycles. The minimum Gasteiger partial charge on any atom is -1.00 e. The summed E-state index contributed by atoms with van der Waals surface area (Å²) in [6.45, 7) is 4.62. The third kappa shape index (κ3) is 8.00. The number of fused-ring (bicyclic) bond motifs is 3. The van der Waals surface area contributed by atoms with Gasteiger partial charge in [0.25, 0.3) is 0 Å². The Bertz CT molecular complexity index is 1540. The molecule has 0 atom stereocenters. The molecule has 0 radical (unpaired) electrons. The van der Waals surface area contributed by atoms with E-state index in [1.165, 1.54) is 44.5 Å². The summed E-state index contributed by atoms with van der Waals surface area (Å²) >= 11 is 1.74. The first-order chi connectivity index (χ1) is 20.1. The van der Waals surface area contributed by atoms with Gasteiger partial charge in [-0.3, -0.25) is 0 Å². The second-order valence-electron chi connectivity index (χ2n) is 10.4. The Morgan fingerprint density at radius 3 is 1.56 bits per heavy atom. The van der Waals surface area contributed by atoms with Crippen LogP contribution in [0, 0.1) is 6.07 Å². The van der Waals surface area contributed by atoms with Crippen LogP contribution in [0.2, 0.25) is 13.1 Å². The third-order valence-electron chi connectivity index (χ3n) is 7.33. The van der Waals surface area contributed by atoms with Gasteiger partial charge in [-0.15, -0.1) is 5.56 Å². The van der Waals surface area contributed by atoms with Crippen LogP contribution in [-0.4, -0.2) is 5.43 Å². The van der Waals surface area contributed by atoms with Gasteiger partial charge in [0, 0.05) is 5.41 Å². The molecule has 0 nitrogen and oxygen atoms in total. The van der Waals surface area contributed by atoms with Crippen molar-refractivity contribution in [1.29, 1.82) is 0 Å². The molecule has 0 unspecified atom stereocenters. The molecule has 1 aliphatic rings. The Kier molecular flexibility index (Phi) is 13.6. The van der Waals surface area contributed by atoms with Gasteiger partial charge in [-0.1, -0.05) is 126 Å². The molecular weight excluding hydrogens is 659 g/mol. The molecule has 0 spiro atoms. The molecule has 43 heavy (non-hydrogen) atoms. The van der Waals surface area contributed by atoms with E-state index in [0.29, 0.717) is 0 Å². The van der Waals surface area contributed by atoms with Crippen LogP contribution < -0.4 is 24.8 Å². The minimum atomic E-state index is -0.298. The Labute approximate surface area is 284 Å². The van der Waals surface area contributed by atoms with Gasteiger partial charge in [-0.2, -0.15) is 53.6 Å². The molecule has 0 N–H and O–H groups in total. The molecule has 1 aliphatic carbocycles. The quantitative estimate of drug-likeness (QED) is 0.150. The van der Waals surface area contributed by atoms with Gasteiger partial charge < -0.3 is 24.8 Å². The number of hydrogen-bond acceptors (Lipinski definition) is 0. The molecule has 0 bridgehead atoms. The molecule has 6 aromatic carbocycles. The monoisotopic (exact) mass is 690 g/mol. The van der Waals surface area contributed by atoms with E-state index >= 15 is 0 Å². The van der Waals surface area contributed by atoms with Crippen LogP contribution in [0.5, 0.6) is 0 Å². The van der Waals surface area contributed by atoms with Gasteiger partial charge in [0.15, 0.2) is 0 Å². The molecule has 0 aliphatic heterocycles. The fourth-order valence-electron chi connectivity index (χ4n) is 5.69. The number of benzene rings is 5. The van der Waals surface area contributed by atoms with E-state index in [4.69, 9.17) is 0 Å². The van der Waals surface area contributed by atoms with Crippen LogP contribution >= 0.6 is 0 Å². The minimum absolute atomic E-state index is 0. The van der Waals surface area contributed by atoms with Gasteiger partial charge in [-0.25, -0.2) is 6.07 Å². The number of hydrogen-bond donors (Lipinski definition) is 0. The van der Waals surface area contributed by atoms with Crippen molar-refractivity contribution in [2.45, 2.75) is 24.9 Å². The van der Waals surface area contributed by atoms with Crippen LogP contribution in [0.25, 0.3) is 11.1 Å². The first-order valence-corrected chi connectivity index (χ1v) is 20.3. The zero-order valence-corrected chi connectivity index (χ0v) is 29.4. The van der Waals surface area contributed by atoms with Gasteiger partial charge in [0.2, 0.25) is 0 Å². The molecule has 4 heteroatoms. The zero-order chi connectivity index (χ0) is 28.5. The summed E-state index contributed by atoms with van der Waals surface area (Å²) in [4.78, 5) is 0. The van der Waals surface area contributed by atoms with Crippen molar-refractivity contribution in [3.05, 3.63) is 197 Å². The standard InChI is InChI=1S/C24H19.C13H9.C2H6Si.2ClH.Zr/c1-4-12-20(13-5-1)24(23-18-10-11-19-23,21-14-6-2-7-15-21)22-16-8-3-9-17-22;1-3-7-12-10(5-1)9-11-6-2-4-8-13(11)12;1-3-2;;;/h1-19H;1-5,7-8H,9H2;1-2H3;2*1H;/q2*-1;;;;+2/p-2. The molecular formula is C39H34Cl2SiZr-2. The van der Waals surface area contributed by atoms with Crippen molar-refractivity contribution in [2.24, 2.45) is 0 Å². The fraction of sp³-hybridized carbons (Fsp3) is 0.103. The first-order valence-electron chi connectivity index (χ1n) is 14.1. The van der Waals surface area contributed by atoms with Gasteiger partial charge in [0.05, 0.1) is 0 Å². The smallest absolute Gasteiger partial charge is 0.0160 e. The molecule has 6 aromatic rings. The van der Waals surface area contributed by atoms with E-state index < -0.39 is 0 Å². The summed E-state index contributed by atoms with van der Waals surface area (Å²) in [6.07, 6.45) is 1.05. The third-order valence-corrected chi connectivity index (χ3v) is 7.33. The second-order valence-corrected chi connectivity index (χ2v) is 19.8. The van der Waals surface area contributed by atoms with Gasteiger partial charge in [0.1, 0.15) is 0 Å². The Hall–Kier alpha value is -2.87. The molecule has 0 amide bonds. The summed E-state index contributed by atoms with van der Waals surface area (Å²) in [5, 5.41) is 0. The van der Waals surface area contributed by atoms with Crippen molar-refractivity contribution in [1.82, 2.24) is 0 Å². The van der Waals surface area contributed by atoms with E-state index in [1.807, 2.05) is 6.07 Å². The van der Waals surface area contributed by atoms with Crippen molar-refractivity contribution in [3.63, 3.8) is 0 Å². The topological polar surface area (TPSA) is 0 Å². The largest absolute Gasteiger partial charge is 1.00 e. The van der Waals surface area contributed by atoms with Crippen LogP contribution in [0.1, 0.15) is 33.4 Å². The van der Waals surface area contributed by atoms with Crippen LogP contribution in [-0.2, 0) is 35.2 Å². The van der Waals surface area contributed by atoms with E-state index in [1.54, 1.807) is 23.3 Å². The van der Waals surface area contributed by atoms with Crippen molar-refractivity contribution >= 4 is 5.43 Å². The summed E-state index contributed by atoms with van der Waals surface area (Å²) < 4.78 is 0. The van der Waals surface area contributed by atoms with Crippen LogP contribution in [0.3, 0.4) is 0 Å². The van der Waals surface area contributed by atoms with Gasteiger partial charge in [-0.05, 0) is 23.1 Å². The molecule has 0 fully saturated rings. The second kappa shape index (κ2) is 16.8. The fourth-order valence-corrected chi connectivity index (χ4v) is 5.69. The van der Waals surface area contributed by atoms with Gasteiger partial charge >= 0.3 is 41.9 Å². The maximum absolute atomic E-state index is 3.30. The van der Waals surface area contributed by atoms with Crippen molar-refractivity contribution in [3.8, 4) is 11.1 Å². The summed E-state index contributed by atoms with van der Waals surface area (Å²) in [5.74, 6) is 0. The predicted octanol–water partition coefficient (Wildman–Crippen LogP) is 3.64. The van der Waals surface area contributed by atoms with Crippen molar-refractivity contribution in [2.75, 3.05) is 0 Å². The normalized spacial score (nSPS) is 10.7. The molecule has 0 saturated carbocycles. The first kappa shape index (κ1) is 34.6. The van der Waals surface area contributed by atoms with E-state index in [-0.39, 0.29) is 35.7 Å². The Morgan fingerprint density at radius 2 is 1.07 bits per heavy atom. The number of halogens is 2. The van der Waals surface area contributed by atoms with E-state index in [9.17, 15) is 0 Å². The summed E-state index contributed by atoms with van der Waals surface area (Å²) in [6, 6.07) is 59.2. The molecule has 7 rings (SSSR count). The van der Waals surface area contributed by atoms with E-state index in [0.717, 1.165) is 6.42 Å². The SMILES string of the molecule is C[Si](C)=[Zr+2].[Cl-].[Cl-].[c-]1cccc2c1Cc1ccccc1-2.c1ccc(C(c2ccccc2)(c2ccccc2)c2cc[cH-]c2)cc1. The van der Waals surface area contributed by atoms with Crippen LogP contribution in [0.15, 0.2) is 158 Å². The maximum atomic E-state index is 3.30. The number of rotatable bonds is 4. The predicted molar refractivity (Wildman–Crippen MR) is 171 cm³/mol. The van der Waals surface area contributed by atoms with Crippen LogP contribution in [0.4, 0.5) is 0 Å². The summed E-state index contributed by atoms with van der Waals surface area (Å²) in [7, 11) is 0. The molecule has 0 saturated heterocycles. The molecule has 214 valence electrons. The average Bonchev–Trinajstić information content (AvgIpc) is 3.68. The van der Waals surface area contributed by atoms with Crippen molar-refractivity contribution < 1.29 is 48.1 Å². The van der Waals surface area contributed by atoms with E-state index in [2.05, 4.69) is 171 Å². The average molecular weight is 693 g/mol. The Balaban J connectivity index is 0.000000225. The Morgan fingerprint density at radius 1 is 0.605 bits per heavy atom. The zero-order valence-electron chi connectivity index (χ0n) is 24.5. The maximum Gasteiger partial charge on any atom is 0.0160 e.